The van der Waals surface area contributed by atoms with Gasteiger partial charge >= 0.3 is 5.69 Å². The molecule has 4 aromatic rings. The summed E-state index contributed by atoms with van der Waals surface area (Å²) in [5.41, 5.74) is 1.11. The lowest BCUT2D eigenvalue weighted by Crippen LogP contribution is -2.31. The molecule has 0 aliphatic carbocycles. The van der Waals surface area contributed by atoms with E-state index in [1.165, 1.54) is 9.25 Å². The lowest BCUT2D eigenvalue weighted by Gasteiger charge is -2.06. The molecular formula is C21H19N5O2. The van der Waals surface area contributed by atoms with Crippen LogP contribution in [0.2, 0.25) is 0 Å². The third-order valence-electron chi connectivity index (χ3n) is 4.58. The number of aromatic nitrogens is 4. The molecule has 0 fully saturated rings. The van der Waals surface area contributed by atoms with Crippen LogP contribution in [0.1, 0.15) is 10.4 Å². The Bertz CT molecular complexity index is 1190. The molecule has 0 saturated heterocycles. The van der Waals surface area contributed by atoms with Gasteiger partial charge in [-0.05, 0) is 35.0 Å². The Hall–Kier alpha value is -3.74. The number of benzene rings is 2. The van der Waals surface area contributed by atoms with Crippen molar-refractivity contribution in [1.82, 2.24) is 24.6 Å². The zero-order chi connectivity index (χ0) is 19.5. The topological polar surface area (TPSA) is 81.8 Å². The van der Waals surface area contributed by atoms with E-state index in [4.69, 9.17) is 0 Å². The first-order chi connectivity index (χ1) is 13.6. The molecule has 2 aromatic heterocycles. The highest BCUT2D eigenvalue weighted by atomic mass is 16.2. The number of carbonyl (C=O) groups is 1. The van der Waals surface area contributed by atoms with E-state index in [9.17, 15) is 9.59 Å². The number of pyridine rings is 1. The Morgan fingerprint density at radius 3 is 2.68 bits per heavy atom. The lowest BCUT2D eigenvalue weighted by atomic mass is 10.1. The zero-order valence-corrected chi connectivity index (χ0v) is 15.4. The fourth-order valence-electron chi connectivity index (χ4n) is 3.09. The van der Waals surface area contributed by atoms with Crippen molar-refractivity contribution in [2.45, 2.75) is 6.54 Å². The second kappa shape index (κ2) is 7.48. The maximum atomic E-state index is 12.4. The van der Waals surface area contributed by atoms with Crippen LogP contribution in [0, 0.1) is 0 Å². The Morgan fingerprint density at radius 1 is 1.07 bits per heavy atom. The van der Waals surface area contributed by atoms with Gasteiger partial charge in [0.1, 0.15) is 0 Å². The maximum Gasteiger partial charge on any atom is 0.345 e. The number of hydrogen-bond donors (Lipinski definition) is 1. The molecule has 0 aliphatic rings. The van der Waals surface area contributed by atoms with Crippen LogP contribution >= 0.6 is 0 Å². The molecule has 2 heterocycles. The predicted molar refractivity (Wildman–Crippen MR) is 107 cm³/mol. The fourth-order valence-corrected chi connectivity index (χ4v) is 3.09. The Balaban J connectivity index is 1.45. The summed E-state index contributed by atoms with van der Waals surface area (Å²) in [6.07, 6.45) is 3.33. The highest BCUT2D eigenvalue weighted by Crippen LogP contribution is 2.15. The molecule has 0 radical (unpaired) electrons. The SMILES string of the molecule is Cn1c(-c2cccnc2)nn(CCNC(=O)c2ccc3ccccc3c2)c1=O. The van der Waals surface area contributed by atoms with E-state index in [0.29, 0.717) is 17.9 Å². The quantitative estimate of drug-likeness (QED) is 0.582. The van der Waals surface area contributed by atoms with Crippen molar-refractivity contribution < 1.29 is 4.79 Å². The van der Waals surface area contributed by atoms with Crippen molar-refractivity contribution in [2.24, 2.45) is 7.05 Å². The fraction of sp³-hybridized carbons (Fsp3) is 0.143. The standard InChI is InChI=1S/C21H19N5O2/c1-25-19(18-7-4-10-22-14-18)24-26(21(25)28)12-11-23-20(27)17-9-8-15-5-2-3-6-16(15)13-17/h2-10,13-14H,11-12H2,1H3,(H,23,27). The number of nitrogens with zero attached hydrogens (tertiary/aromatic N) is 4. The van der Waals surface area contributed by atoms with Gasteiger partial charge in [0, 0.05) is 37.1 Å². The Morgan fingerprint density at radius 2 is 1.89 bits per heavy atom. The van der Waals surface area contributed by atoms with Crippen LogP contribution < -0.4 is 11.0 Å². The van der Waals surface area contributed by atoms with Crippen LogP contribution in [0.5, 0.6) is 0 Å². The van der Waals surface area contributed by atoms with Gasteiger partial charge in [0.05, 0.1) is 6.54 Å². The number of nitrogens with one attached hydrogen (secondary N) is 1. The minimum absolute atomic E-state index is 0.179. The third kappa shape index (κ3) is 3.42. The van der Waals surface area contributed by atoms with E-state index in [2.05, 4.69) is 15.4 Å². The molecule has 2 aromatic carbocycles. The number of hydrogen-bond acceptors (Lipinski definition) is 4. The van der Waals surface area contributed by atoms with Crippen molar-refractivity contribution in [3.63, 3.8) is 0 Å². The van der Waals surface area contributed by atoms with Crippen LogP contribution in [0.4, 0.5) is 0 Å². The highest BCUT2D eigenvalue weighted by Gasteiger charge is 2.12. The second-order valence-electron chi connectivity index (χ2n) is 6.45. The average molecular weight is 373 g/mol. The molecule has 1 amide bonds. The molecule has 1 N–H and O–H groups in total. The van der Waals surface area contributed by atoms with Gasteiger partial charge in [-0.1, -0.05) is 30.3 Å². The molecule has 0 atom stereocenters. The van der Waals surface area contributed by atoms with Crippen LogP contribution in [0.15, 0.2) is 71.8 Å². The Labute approximate surface area is 161 Å². The molecule has 140 valence electrons. The summed E-state index contributed by atoms with van der Waals surface area (Å²) >= 11 is 0. The Kier molecular flexibility index (Phi) is 4.72. The van der Waals surface area contributed by atoms with Gasteiger partial charge in [0.15, 0.2) is 5.82 Å². The molecule has 0 saturated carbocycles. The summed E-state index contributed by atoms with van der Waals surface area (Å²) in [7, 11) is 1.67. The summed E-state index contributed by atoms with van der Waals surface area (Å²) in [6.45, 7) is 0.585. The first-order valence-corrected chi connectivity index (χ1v) is 8.95. The van der Waals surface area contributed by atoms with Gasteiger partial charge in [0.2, 0.25) is 0 Å². The number of rotatable bonds is 5. The third-order valence-corrected chi connectivity index (χ3v) is 4.58. The molecule has 0 spiro atoms. The van der Waals surface area contributed by atoms with Crippen molar-refractivity contribution >= 4 is 16.7 Å². The molecular weight excluding hydrogens is 354 g/mol. The van der Waals surface area contributed by atoms with E-state index >= 15 is 0 Å². The summed E-state index contributed by atoms with van der Waals surface area (Å²) in [6, 6.07) is 17.1. The largest absolute Gasteiger partial charge is 0.350 e. The first kappa shape index (κ1) is 17.7. The van der Waals surface area contributed by atoms with Crippen molar-refractivity contribution in [3.8, 4) is 11.4 Å². The number of carbonyl (C=O) groups excluding carboxylic acids is 1. The van der Waals surface area contributed by atoms with Gasteiger partial charge in [-0.15, -0.1) is 5.10 Å². The maximum absolute atomic E-state index is 12.4. The monoisotopic (exact) mass is 373 g/mol. The highest BCUT2D eigenvalue weighted by molar-refractivity contribution is 5.98. The summed E-state index contributed by atoms with van der Waals surface area (Å²) in [5, 5.41) is 9.31. The average Bonchev–Trinajstić information content (AvgIpc) is 3.02. The number of fused-ring (bicyclic) bond motifs is 1. The molecule has 0 bridgehead atoms. The molecule has 4 rings (SSSR count). The summed E-state index contributed by atoms with van der Waals surface area (Å²) in [4.78, 5) is 28.9. The lowest BCUT2D eigenvalue weighted by molar-refractivity contribution is 0.0952. The number of amides is 1. The normalized spacial score (nSPS) is 10.9. The van der Waals surface area contributed by atoms with Gasteiger partial charge in [-0.3, -0.25) is 14.3 Å². The van der Waals surface area contributed by atoms with Crippen molar-refractivity contribution in [1.29, 1.82) is 0 Å². The van der Waals surface area contributed by atoms with E-state index in [0.717, 1.165) is 16.3 Å². The minimum atomic E-state index is -0.237. The van der Waals surface area contributed by atoms with Gasteiger partial charge in [0.25, 0.3) is 5.91 Å². The van der Waals surface area contributed by atoms with Crippen LogP contribution in [0.3, 0.4) is 0 Å². The summed E-state index contributed by atoms with van der Waals surface area (Å²) < 4.78 is 2.82. The van der Waals surface area contributed by atoms with Crippen molar-refractivity contribution in [3.05, 3.63) is 83.0 Å². The van der Waals surface area contributed by atoms with Gasteiger partial charge in [-0.2, -0.15) is 0 Å². The summed E-state index contributed by atoms with van der Waals surface area (Å²) in [5.74, 6) is 0.362. The molecule has 7 heteroatoms. The van der Waals surface area contributed by atoms with Gasteiger partial charge < -0.3 is 5.32 Å². The van der Waals surface area contributed by atoms with Gasteiger partial charge in [-0.25, -0.2) is 9.48 Å². The molecule has 7 nitrogen and oxygen atoms in total. The van der Waals surface area contributed by atoms with E-state index in [-0.39, 0.29) is 18.1 Å². The van der Waals surface area contributed by atoms with E-state index in [1.807, 2.05) is 42.5 Å². The smallest absolute Gasteiger partial charge is 0.345 e. The molecule has 0 aliphatic heterocycles. The van der Waals surface area contributed by atoms with Crippen LogP contribution in [-0.2, 0) is 13.6 Å². The molecule has 28 heavy (non-hydrogen) atoms. The van der Waals surface area contributed by atoms with Crippen LogP contribution in [0.25, 0.3) is 22.2 Å². The molecule has 0 unspecified atom stereocenters. The zero-order valence-electron chi connectivity index (χ0n) is 15.4. The minimum Gasteiger partial charge on any atom is -0.350 e. The predicted octanol–water partition coefficient (Wildman–Crippen LogP) is 2.23. The van der Waals surface area contributed by atoms with Crippen molar-refractivity contribution in [2.75, 3.05) is 6.54 Å². The van der Waals surface area contributed by atoms with E-state index in [1.54, 1.807) is 31.6 Å². The van der Waals surface area contributed by atoms with Crippen LogP contribution in [-0.4, -0.2) is 31.8 Å². The van der Waals surface area contributed by atoms with E-state index < -0.39 is 0 Å². The second-order valence-corrected chi connectivity index (χ2v) is 6.45. The first-order valence-electron chi connectivity index (χ1n) is 8.95.